The lowest BCUT2D eigenvalue weighted by Gasteiger charge is -2.05. The lowest BCUT2D eigenvalue weighted by Crippen LogP contribution is -2.23. The van der Waals surface area contributed by atoms with E-state index in [2.05, 4.69) is 5.32 Å². The van der Waals surface area contributed by atoms with E-state index < -0.39 is 0 Å². The molecule has 0 spiro atoms. The van der Waals surface area contributed by atoms with Crippen molar-refractivity contribution in [1.82, 2.24) is 5.32 Å². The molecule has 2 rings (SSSR count). The van der Waals surface area contributed by atoms with Gasteiger partial charge < -0.3 is 5.32 Å². The minimum atomic E-state index is -0.00578. The van der Waals surface area contributed by atoms with Crippen LogP contribution in [-0.4, -0.2) is 12.5 Å². The summed E-state index contributed by atoms with van der Waals surface area (Å²) in [5.74, 6) is 0.868. The zero-order valence-electron chi connectivity index (χ0n) is 11.9. The Kier molecular flexibility index (Phi) is 6.15. The Morgan fingerprint density at radius 1 is 1.10 bits per heavy atom. The molecule has 0 bridgehead atoms. The Labute approximate surface area is 134 Å². The lowest BCUT2D eigenvalue weighted by atomic mass is 10.1. The first kappa shape index (κ1) is 15.9. The third-order valence-electron chi connectivity index (χ3n) is 2.97. The van der Waals surface area contributed by atoms with E-state index in [4.69, 9.17) is 11.6 Å². The van der Waals surface area contributed by atoms with Gasteiger partial charge in [0.2, 0.25) is 0 Å². The molecular weight excluding hydrogens is 302 g/mol. The zero-order valence-corrected chi connectivity index (χ0v) is 13.5. The number of nitrogens with one attached hydrogen (secondary N) is 1. The van der Waals surface area contributed by atoms with Gasteiger partial charge in [-0.1, -0.05) is 30.7 Å². The van der Waals surface area contributed by atoms with Crippen molar-refractivity contribution in [3.63, 3.8) is 0 Å². The largest absolute Gasteiger partial charge is 0.352 e. The van der Waals surface area contributed by atoms with Crippen LogP contribution < -0.4 is 5.32 Å². The molecular formula is C17H18ClNOS. The third kappa shape index (κ3) is 5.10. The summed E-state index contributed by atoms with van der Waals surface area (Å²) in [4.78, 5) is 13.0. The fraction of sp³-hybridized carbons (Fsp3) is 0.235. The predicted molar refractivity (Wildman–Crippen MR) is 90.1 cm³/mol. The monoisotopic (exact) mass is 319 g/mol. The molecule has 1 amide bonds. The number of benzene rings is 2. The highest BCUT2D eigenvalue weighted by molar-refractivity contribution is 7.98. The number of rotatable bonds is 6. The fourth-order valence-corrected chi connectivity index (χ4v) is 2.77. The van der Waals surface area contributed by atoms with Crippen LogP contribution >= 0.6 is 23.4 Å². The summed E-state index contributed by atoms with van der Waals surface area (Å²) in [6.45, 7) is 2.75. The van der Waals surface area contributed by atoms with Crippen molar-refractivity contribution in [2.24, 2.45) is 0 Å². The first-order valence-corrected chi connectivity index (χ1v) is 8.31. The van der Waals surface area contributed by atoms with Crippen LogP contribution in [0.1, 0.15) is 29.3 Å². The van der Waals surface area contributed by atoms with E-state index in [1.807, 2.05) is 55.5 Å². The van der Waals surface area contributed by atoms with Gasteiger partial charge in [0.15, 0.2) is 0 Å². The van der Waals surface area contributed by atoms with E-state index in [9.17, 15) is 4.79 Å². The quantitative estimate of drug-likeness (QED) is 0.777. The smallest absolute Gasteiger partial charge is 0.251 e. The van der Waals surface area contributed by atoms with Gasteiger partial charge in [-0.25, -0.2) is 0 Å². The van der Waals surface area contributed by atoms with Crippen LogP contribution in [0.4, 0.5) is 0 Å². The average molecular weight is 320 g/mol. The van der Waals surface area contributed by atoms with Crippen LogP contribution in [0.15, 0.2) is 53.4 Å². The first-order chi connectivity index (χ1) is 10.2. The predicted octanol–water partition coefficient (Wildman–Crippen LogP) is 4.77. The Morgan fingerprint density at radius 2 is 1.76 bits per heavy atom. The van der Waals surface area contributed by atoms with Crippen molar-refractivity contribution in [1.29, 1.82) is 0 Å². The van der Waals surface area contributed by atoms with Gasteiger partial charge in [-0.05, 0) is 48.4 Å². The molecule has 0 saturated carbocycles. The standard InChI is InChI=1S/C17H18ClNOS/c1-2-11-19-17(20)14-5-3-13(4-6-14)12-21-16-9-7-15(18)8-10-16/h3-10H,2,11-12H2,1H3,(H,19,20). The van der Waals surface area contributed by atoms with Gasteiger partial charge in [-0.15, -0.1) is 11.8 Å². The molecule has 0 unspecified atom stereocenters. The molecule has 2 nitrogen and oxygen atoms in total. The number of amides is 1. The molecule has 0 radical (unpaired) electrons. The summed E-state index contributed by atoms with van der Waals surface area (Å²) in [7, 11) is 0. The minimum Gasteiger partial charge on any atom is -0.352 e. The highest BCUT2D eigenvalue weighted by atomic mass is 35.5. The molecule has 0 aliphatic rings. The topological polar surface area (TPSA) is 29.1 Å². The molecule has 0 fully saturated rings. The molecule has 0 aliphatic heterocycles. The van der Waals surface area contributed by atoms with Crippen LogP contribution in [0.2, 0.25) is 5.02 Å². The molecule has 4 heteroatoms. The molecule has 110 valence electrons. The number of hydrogen-bond donors (Lipinski definition) is 1. The van der Waals surface area contributed by atoms with Crippen LogP contribution in [0, 0.1) is 0 Å². The number of carbonyl (C=O) groups is 1. The van der Waals surface area contributed by atoms with Crippen molar-refractivity contribution < 1.29 is 4.79 Å². The summed E-state index contributed by atoms with van der Waals surface area (Å²) < 4.78 is 0. The van der Waals surface area contributed by atoms with E-state index in [1.165, 1.54) is 10.5 Å². The second kappa shape index (κ2) is 8.11. The van der Waals surface area contributed by atoms with Crippen molar-refractivity contribution in [3.8, 4) is 0 Å². The van der Waals surface area contributed by atoms with Crippen LogP contribution in [0.25, 0.3) is 0 Å². The highest BCUT2D eigenvalue weighted by Gasteiger charge is 2.04. The molecule has 2 aromatic carbocycles. The Hall–Kier alpha value is -1.45. The van der Waals surface area contributed by atoms with Gasteiger partial charge in [0.1, 0.15) is 0 Å². The summed E-state index contributed by atoms with van der Waals surface area (Å²) in [5.41, 5.74) is 1.91. The Balaban J connectivity index is 1.90. The van der Waals surface area contributed by atoms with Gasteiger partial charge >= 0.3 is 0 Å². The van der Waals surface area contributed by atoms with Crippen LogP contribution in [0.3, 0.4) is 0 Å². The summed E-state index contributed by atoms with van der Waals surface area (Å²) >= 11 is 7.62. The molecule has 0 aromatic heterocycles. The van der Waals surface area contributed by atoms with Gasteiger partial charge in [0.05, 0.1) is 0 Å². The SMILES string of the molecule is CCCNC(=O)c1ccc(CSc2ccc(Cl)cc2)cc1. The van der Waals surface area contributed by atoms with Crippen LogP contribution in [-0.2, 0) is 5.75 Å². The van der Waals surface area contributed by atoms with E-state index in [-0.39, 0.29) is 5.91 Å². The van der Waals surface area contributed by atoms with E-state index >= 15 is 0 Å². The van der Waals surface area contributed by atoms with E-state index in [0.717, 1.165) is 17.2 Å². The van der Waals surface area contributed by atoms with Gasteiger partial charge in [0.25, 0.3) is 5.91 Å². The zero-order chi connectivity index (χ0) is 15.1. The van der Waals surface area contributed by atoms with Crippen molar-refractivity contribution in [2.75, 3.05) is 6.54 Å². The number of carbonyl (C=O) groups excluding carboxylic acids is 1. The molecule has 0 heterocycles. The maximum atomic E-state index is 11.8. The second-order valence-corrected chi connectivity index (χ2v) is 6.18. The third-order valence-corrected chi connectivity index (χ3v) is 4.31. The summed E-state index contributed by atoms with van der Waals surface area (Å²) in [5, 5.41) is 3.63. The molecule has 0 saturated heterocycles. The van der Waals surface area contributed by atoms with Crippen molar-refractivity contribution >= 4 is 29.3 Å². The van der Waals surface area contributed by atoms with Crippen LogP contribution in [0.5, 0.6) is 0 Å². The van der Waals surface area contributed by atoms with Gasteiger partial charge in [0, 0.05) is 27.8 Å². The number of thioether (sulfide) groups is 1. The van der Waals surface area contributed by atoms with E-state index in [1.54, 1.807) is 11.8 Å². The highest BCUT2D eigenvalue weighted by Crippen LogP contribution is 2.24. The Morgan fingerprint density at radius 3 is 2.38 bits per heavy atom. The fourth-order valence-electron chi connectivity index (χ4n) is 1.79. The minimum absolute atomic E-state index is 0.00578. The maximum Gasteiger partial charge on any atom is 0.251 e. The first-order valence-electron chi connectivity index (χ1n) is 6.94. The summed E-state index contributed by atoms with van der Waals surface area (Å²) in [6, 6.07) is 15.6. The normalized spacial score (nSPS) is 10.4. The molecule has 1 N–H and O–H groups in total. The summed E-state index contributed by atoms with van der Waals surface area (Å²) in [6.07, 6.45) is 0.946. The molecule has 21 heavy (non-hydrogen) atoms. The molecule has 0 aliphatic carbocycles. The molecule has 2 aromatic rings. The number of hydrogen-bond acceptors (Lipinski definition) is 2. The lowest BCUT2D eigenvalue weighted by molar-refractivity contribution is 0.0953. The maximum absolute atomic E-state index is 11.8. The Bertz CT molecular complexity index is 581. The van der Waals surface area contributed by atoms with Gasteiger partial charge in [-0.2, -0.15) is 0 Å². The molecule has 0 atom stereocenters. The van der Waals surface area contributed by atoms with Crippen molar-refractivity contribution in [3.05, 3.63) is 64.7 Å². The van der Waals surface area contributed by atoms with E-state index in [0.29, 0.717) is 12.1 Å². The van der Waals surface area contributed by atoms with Crippen molar-refractivity contribution in [2.45, 2.75) is 24.0 Å². The van der Waals surface area contributed by atoms with Gasteiger partial charge in [-0.3, -0.25) is 4.79 Å². The average Bonchev–Trinajstić information content (AvgIpc) is 2.52. The second-order valence-electron chi connectivity index (χ2n) is 4.70. The number of halogens is 1.